The first-order valence-corrected chi connectivity index (χ1v) is 23.2. The molecule has 2 atom stereocenters. The molecule has 322 valence electrons. The number of ether oxygens (including phenoxy) is 2. The van der Waals surface area contributed by atoms with Crippen LogP contribution in [0, 0.1) is 0 Å². The lowest BCUT2D eigenvalue weighted by molar-refractivity contribution is -0.870. The van der Waals surface area contributed by atoms with Gasteiger partial charge in [-0.1, -0.05) is 145 Å². The van der Waals surface area contributed by atoms with Gasteiger partial charge in [0.05, 0.1) is 27.7 Å². The Morgan fingerprint density at radius 3 is 1.59 bits per heavy atom. The molecule has 0 amide bonds. The summed E-state index contributed by atoms with van der Waals surface area (Å²) in [5.41, 5.74) is 0. The molecule has 9 nitrogen and oxygen atoms in total. The van der Waals surface area contributed by atoms with Crippen LogP contribution >= 0.6 is 7.82 Å². The van der Waals surface area contributed by atoms with Gasteiger partial charge in [-0.3, -0.25) is 18.6 Å². The van der Waals surface area contributed by atoms with Crippen molar-refractivity contribution in [1.82, 2.24) is 0 Å². The topological polar surface area (TPSA) is 108 Å². The fraction of sp³-hybridized carbons (Fsp3) is 0.696. The highest BCUT2D eigenvalue weighted by molar-refractivity contribution is 7.47. The smallest absolute Gasteiger partial charge is 0.462 e. The third kappa shape index (κ3) is 41.1. The summed E-state index contributed by atoms with van der Waals surface area (Å²) >= 11 is 0. The summed E-state index contributed by atoms with van der Waals surface area (Å²) in [7, 11) is 1.42. The molecule has 0 aromatic rings. The highest BCUT2D eigenvalue weighted by Crippen LogP contribution is 2.43. The Bertz CT molecular complexity index is 1180. The molecule has 2 unspecified atom stereocenters. The second-order valence-corrected chi connectivity index (χ2v) is 16.8. The van der Waals surface area contributed by atoms with Gasteiger partial charge in [-0.05, 0) is 70.6 Å². The summed E-state index contributed by atoms with van der Waals surface area (Å²) in [5, 5.41) is 0. The van der Waals surface area contributed by atoms with Crippen LogP contribution in [0.25, 0.3) is 0 Å². The average molecular weight is 807 g/mol. The quantitative estimate of drug-likeness (QED) is 0.0216. The number of hydrogen-bond acceptors (Lipinski definition) is 7. The van der Waals surface area contributed by atoms with Crippen molar-refractivity contribution in [3.63, 3.8) is 0 Å². The van der Waals surface area contributed by atoms with Crippen molar-refractivity contribution in [1.29, 1.82) is 0 Å². The van der Waals surface area contributed by atoms with E-state index in [1.807, 2.05) is 33.3 Å². The van der Waals surface area contributed by atoms with Gasteiger partial charge in [-0.25, -0.2) is 4.57 Å². The molecule has 0 aromatic heterocycles. The lowest BCUT2D eigenvalue weighted by atomic mass is 10.1. The van der Waals surface area contributed by atoms with Crippen LogP contribution in [0.15, 0.2) is 72.9 Å². The second kappa shape index (κ2) is 38.0. The molecular weight excluding hydrogens is 725 g/mol. The molecule has 0 aliphatic carbocycles. The SMILES string of the molecule is CC/C=C\C/C=C\C/C=C\C/C=C\CCC(=O)OC(COC(=O)CCCCCCCCCCC/C=C\C/C=C\CCCCC)COP(=O)(O)OCC[N+](C)(C)C. The number of unbranched alkanes of at least 4 members (excludes halogenated alkanes) is 12. The molecule has 0 saturated heterocycles. The minimum absolute atomic E-state index is 0.0150. The first-order chi connectivity index (χ1) is 27.0. The normalized spacial score (nSPS) is 14.3. The Morgan fingerprint density at radius 2 is 1.05 bits per heavy atom. The number of phosphoric ester groups is 1. The minimum Gasteiger partial charge on any atom is -0.462 e. The van der Waals surface area contributed by atoms with Gasteiger partial charge in [0.25, 0.3) is 0 Å². The van der Waals surface area contributed by atoms with Crippen LogP contribution in [0.5, 0.6) is 0 Å². The summed E-state index contributed by atoms with van der Waals surface area (Å²) in [4.78, 5) is 35.3. The molecule has 0 saturated carbocycles. The van der Waals surface area contributed by atoms with E-state index in [9.17, 15) is 19.0 Å². The molecule has 0 aliphatic rings. The zero-order chi connectivity index (χ0) is 41.4. The van der Waals surface area contributed by atoms with Crippen LogP contribution in [-0.2, 0) is 32.7 Å². The Morgan fingerprint density at radius 1 is 0.571 bits per heavy atom. The van der Waals surface area contributed by atoms with Crippen molar-refractivity contribution in [3.05, 3.63) is 72.9 Å². The maximum atomic E-state index is 12.6. The third-order valence-electron chi connectivity index (χ3n) is 8.73. The van der Waals surface area contributed by atoms with Crippen LogP contribution in [0.2, 0.25) is 0 Å². The van der Waals surface area contributed by atoms with Gasteiger partial charge in [-0.15, -0.1) is 0 Å². The largest absolute Gasteiger partial charge is 0.472 e. The number of quaternary nitrogens is 1. The van der Waals surface area contributed by atoms with Gasteiger partial charge in [0.1, 0.15) is 19.8 Å². The Labute approximate surface area is 342 Å². The molecule has 0 aliphatic heterocycles. The predicted octanol–water partition coefficient (Wildman–Crippen LogP) is 12.2. The number of phosphoric acid groups is 1. The van der Waals surface area contributed by atoms with Crippen LogP contribution < -0.4 is 0 Å². The van der Waals surface area contributed by atoms with Gasteiger partial charge in [-0.2, -0.15) is 0 Å². The van der Waals surface area contributed by atoms with E-state index in [1.165, 1.54) is 57.8 Å². The van der Waals surface area contributed by atoms with E-state index in [0.29, 0.717) is 17.4 Å². The molecule has 0 rings (SSSR count). The first-order valence-electron chi connectivity index (χ1n) is 21.7. The lowest BCUT2D eigenvalue weighted by Crippen LogP contribution is -2.37. The number of rotatable bonds is 38. The molecule has 0 fully saturated rings. The van der Waals surface area contributed by atoms with Gasteiger partial charge >= 0.3 is 19.8 Å². The highest BCUT2D eigenvalue weighted by atomic mass is 31.2. The van der Waals surface area contributed by atoms with Crippen molar-refractivity contribution >= 4 is 19.8 Å². The Kier molecular flexibility index (Phi) is 36.3. The molecule has 0 spiro atoms. The summed E-state index contributed by atoms with van der Waals surface area (Å²) in [5.74, 6) is -0.904. The van der Waals surface area contributed by atoms with Gasteiger partial charge in [0, 0.05) is 12.8 Å². The van der Waals surface area contributed by atoms with Gasteiger partial charge in [0.2, 0.25) is 0 Å². The molecule has 0 radical (unpaired) electrons. The summed E-state index contributed by atoms with van der Waals surface area (Å²) in [6, 6.07) is 0. The fourth-order valence-electron chi connectivity index (χ4n) is 5.35. The van der Waals surface area contributed by atoms with Gasteiger partial charge in [0.15, 0.2) is 6.10 Å². The molecule has 10 heteroatoms. The van der Waals surface area contributed by atoms with E-state index in [0.717, 1.165) is 64.2 Å². The summed E-state index contributed by atoms with van der Waals surface area (Å²) in [6.07, 6.45) is 46.8. The maximum Gasteiger partial charge on any atom is 0.472 e. The van der Waals surface area contributed by atoms with Crippen molar-refractivity contribution in [2.75, 3.05) is 47.5 Å². The van der Waals surface area contributed by atoms with Crippen LogP contribution in [0.3, 0.4) is 0 Å². The Hall–Kier alpha value is -2.55. The van der Waals surface area contributed by atoms with Crippen LogP contribution in [0.4, 0.5) is 0 Å². The van der Waals surface area contributed by atoms with Crippen LogP contribution in [-0.4, -0.2) is 74.9 Å². The standard InChI is InChI=1S/C46H80NO8P/c1-6-8-10-12-14-16-18-20-21-22-23-24-25-27-28-30-32-34-36-38-45(48)52-42-44(43-54-56(50,51)53-41-40-47(3,4)5)55-46(49)39-37-35-33-31-29-26-19-17-15-13-11-9-7-2/h9,11,14-17,20-21,26,29,33,35,44H,6-8,10,12-13,18-19,22-25,27-28,30-32,34,36-43H2,1-5H3/p+1/b11-9-,16-14-,17-15-,21-20-,29-26-,35-33-. The fourth-order valence-corrected chi connectivity index (χ4v) is 6.09. The lowest BCUT2D eigenvalue weighted by Gasteiger charge is -2.24. The average Bonchev–Trinajstić information content (AvgIpc) is 3.15. The molecular formula is C46H81NO8P+. The number of hydrogen-bond donors (Lipinski definition) is 1. The summed E-state index contributed by atoms with van der Waals surface area (Å²) in [6.45, 7) is 4.17. The van der Waals surface area contributed by atoms with Gasteiger partial charge < -0.3 is 18.9 Å². The van der Waals surface area contributed by atoms with Crippen molar-refractivity contribution < 1.29 is 42.1 Å². The highest BCUT2D eigenvalue weighted by Gasteiger charge is 2.27. The van der Waals surface area contributed by atoms with E-state index < -0.39 is 32.5 Å². The maximum absolute atomic E-state index is 12.6. The third-order valence-corrected chi connectivity index (χ3v) is 9.72. The van der Waals surface area contributed by atoms with Crippen LogP contribution in [0.1, 0.15) is 155 Å². The molecule has 1 N–H and O–H groups in total. The monoisotopic (exact) mass is 807 g/mol. The number of nitrogens with zero attached hydrogens (tertiary/aromatic N) is 1. The number of carbonyl (C=O) groups is 2. The van der Waals surface area contributed by atoms with E-state index in [1.54, 1.807) is 0 Å². The molecule has 56 heavy (non-hydrogen) atoms. The number of carbonyl (C=O) groups excluding carboxylic acids is 2. The van der Waals surface area contributed by atoms with Crippen molar-refractivity contribution in [2.45, 2.75) is 161 Å². The number of likely N-dealkylation sites (N-methyl/N-ethyl adjacent to an activating group) is 1. The molecule has 0 bridgehead atoms. The van der Waals surface area contributed by atoms with E-state index in [2.05, 4.69) is 74.6 Å². The van der Waals surface area contributed by atoms with E-state index in [-0.39, 0.29) is 26.1 Å². The predicted molar refractivity (Wildman–Crippen MR) is 233 cm³/mol. The van der Waals surface area contributed by atoms with E-state index >= 15 is 0 Å². The molecule has 0 aromatic carbocycles. The number of allylic oxidation sites excluding steroid dienone is 12. The van der Waals surface area contributed by atoms with Crippen molar-refractivity contribution in [2.24, 2.45) is 0 Å². The van der Waals surface area contributed by atoms with Crippen molar-refractivity contribution in [3.8, 4) is 0 Å². The zero-order valence-corrected chi connectivity index (χ0v) is 37.0. The second-order valence-electron chi connectivity index (χ2n) is 15.3. The van der Waals surface area contributed by atoms with E-state index in [4.69, 9.17) is 18.5 Å². The Balaban J connectivity index is 4.42. The number of esters is 2. The zero-order valence-electron chi connectivity index (χ0n) is 36.1. The summed E-state index contributed by atoms with van der Waals surface area (Å²) < 4.78 is 34.2. The molecule has 0 heterocycles. The minimum atomic E-state index is -4.40. The first kappa shape index (κ1) is 53.5.